The lowest BCUT2D eigenvalue weighted by Crippen LogP contribution is -2.33. The Hall–Kier alpha value is -1.55. The van der Waals surface area contributed by atoms with Crippen molar-refractivity contribution in [1.29, 1.82) is 0 Å². The third kappa shape index (κ3) is 3.59. The van der Waals surface area contributed by atoms with E-state index < -0.39 is 0 Å². The first-order chi connectivity index (χ1) is 7.13. The molecule has 0 heterocycles. The third-order valence-electron chi connectivity index (χ3n) is 2.00. The van der Waals surface area contributed by atoms with E-state index in [4.69, 9.17) is 10.5 Å². The molecule has 0 saturated heterocycles. The van der Waals surface area contributed by atoms with Gasteiger partial charge in [0.05, 0.1) is 0 Å². The van der Waals surface area contributed by atoms with Crippen LogP contribution in [0.3, 0.4) is 0 Å². The minimum absolute atomic E-state index is 0.385. The second-order valence-corrected chi connectivity index (χ2v) is 3.39. The molecule has 0 radical (unpaired) electrons. The average molecular weight is 208 g/mol. The summed E-state index contributed by atoms with van der Waals surface area (Å²) in [7, 11) is 1.66. The molecule has 0 saturated carbocycles. The first kappa shape index (κ1) is 11.5. The molecule has 0 atom stereocenters. The molecular formula is C11H16N2O2. The molecule has 0 aliphatic heterocycles. The van der Waals surface area contributed by atoms with E-state index in [2.05, 4.69) is 0 Å². The van der Waals surface area contributed by atoms with Gasteiger partial charge in [0.15, 0.2) is 0 Å². The van der Waals surface area contributed by atoms with Crippen molar-refractivity contribution in [2.24, 2.45) is 5.73 Å². The third-order valence-corrected chi connectivity index (χ3v) is 2.00. The predicted molar refractivity (Wildman–Crippen MR) is 58.9 cm³/mol. The molecule has 1 rings (SSSR count). The van der Waals surface area contributed by atoms with Crippen LogP contribution < -0.4 is 10.5 Å². The number of aryl methyl sites for hydroxylation is 1. The number of hydrogen-bond donors (Lipinski definition) is 1. The highest BCUT2D eigenvalue weighted by atomic mass is 16.6. The first-order valence-electron chi connectivity index (χ1n) is 4.83. The van der Waals surface area contributed by atoms with E-state index in [1.807, 2.05) is 19.1 Å². The molecule has 1 aromatic carbocycles. The Kier molecular flexibility index (Phi) is 4.12. The quantitative estimate of drug-likeness (QED) is 0.816. The highest BCUT2D eigenvalue weighted by molar-refractivity contribution is 5.70. The number of nitrogens with zero attached hydrogens (tertiary/aromatic N) is 1. The highest BCUT2D eigenvalue weighted by Gasteiger charge is 2.09. The summed E-state index contributed by atoms with van der Waals surface area (Å²) in [6.07, 6.45) is -0.385. The molecule has 0 spiro atoms. The number of hydrogen-bond acceptors (Lipinski definition) is 3. The Morgan fingerprint density at radius 3 is 2.53 bits per heavy atom. The van der Waals surface area contributed by atoms with Crippen molar-refractivity contribution < 1.29 is 9.53 Å². The molecule has 4 heteroatoms. The lowest BCUT2D eigenvalue weighted by atomic mass is 10.2. The Bertz CT molecular complexity index is 322. The molecule has 0 bridgehead atoms. The molecule has 0 aliphatic rings. The molecule has 0 aliphatic carbocycles. The minimum atomic E-state index is -0.385. The van der Waals surface area contributed by atoms with Crippen molar-refractivity contribution in [3.05, 3.63) is 29.8 Å². The fourth-order valence-corrected chi connectivity index (χ4v) is 1.07. The normalized spacial score (nSPS) is 9.80. The van der Waals surface area contributed by atoms with Crippen LogP contribution in [0.5, 0.6) is 5.75 Å². The number of carbonyl (C=O) groups excluding carboxylic acids is 1. The number of carbonyl (C=O) groups is 1. The lowest BCUT2D eigenvalue weighted by Gasteiger charge is -2.15. The lowest BCUT2D eigenvalue weighted by molar-refractivity contribution is 0.164. The molecule has 15 heavy (non-hydrogen) atoms. The highest BCUT2D eigenvalue weighted by Crippen LogP contribution is 2.12. The van der Waals surface area contributed by atoms with E-state index in [9.17, 15) is 4.79 Å². The molecular weight excluding hydrogens is 192 g/mol. The second-order valence-electron chi connectivity index (χ2n) is 3.39. The monoisotopic (exact) mass is 208 g/mol. The van der Waals surface area contributed by atoms with Crippen LogP contribution in [0.2, 0.25) is 0 Å². The summed E-state index contributed by atoms with van der Waals surface area (Å²) in [6.45, 7) is 2.90. The van der Waals surface area contributed by atoms with Gasteiger partial charge in [0.2, 0.25) is 0 Å². The summed E-state index contributed by atoms with van der Waals surface area (Å²) in [6, 6.07) is 7.32. The minimum Gasteiger partial charge on any atom is -0.410 e. The summed E-state index contributed by atoms with van der Waals surface area (Å²) in [5.74, 6) is 0.550. The van der Waals surface area contributed by atoms with Gasteiger partial charge in [-0.3, -0.25) is 0 Å². The zero-order valence-corrected chi connectivity index (χ0v) is 9.06. The second kappa shape index (κ2) is 5.36. The van der Waals surface area contributed by atoms with Gasteiger partial charge in [-0.2, -0.15) is 0 Å². The number of amides is 1. The van der Waals surface area contributed by atoms with Crippen molar-refractivity contribution in [2.75, 3.05) is 20.1 Å². The van der Waals surface area contributed by atoms with Gasteiger partial charge in [-0.05, 0) is 19.1 Å². The van der Waals surface area contributed by atoms with Crippen LogP contribution in [0.15, 0.2) is 24.3 Å². The smallest absolute Gasteiger partial charge is 0.410 e. The maximum Gasteiger partial charge on any atom is 0.415 e. The Morgan fingerprint density at radius 1 is 1.40 bits per heavy atom. The molecule has 4 nitrogen and oxygen atoms in total. The van der Waals surface area contributed by atoms with Gasteiger partial charge in [-0.25, -0.2) is 4.79 Å². The van der Waals surface area contributed by atoms with E-state index >= 15 is 0 Å². The first-order valence-corrected chi connectivity index (χ1v) is 4.83. The van der Waals surface area contributed by atoms with Crippen molar-refractivity contribution in [3.8, 4) is 5.75 Å². The number of likely N-dealkylation sites (N-methyl/N-ethyl adjacent to an activating group) is 1. The van der Waals surface area contributed by atoms with Gasteiger partial charge in [0.25, 0.3) is 0 Å². The molecule has 0 fully saturated rings. The number of nitrogens with two attached hydrogens (primary N) is 1. The SMILES string of the molecule is Cc1ccc(OC(=O)N(C)CCN)cc1. The van der Waals surface area contributed by atoms with E-state index in [1.165, 1.54) is 4.90 Å². The molecule has 2 N–H and O–H groups in total. The summed E-state index contributed by atoms with van der Waals surface area (Å²) in [4.78, 5) is 12.9. The van der Waals surface area contributed by atoms with Crippen molar-refractivity contribution in [1.82, 2.24) is 4.90 Å². The Morgan fingerprint density at radius 2 is 2.00 bits per heavy atom. The van der Waals surface area contributed by atoms with Crippen molar-refractivity contribution in [2.45, 2.75) is 6.92 Å². The van der Waals surface area contributed by atoms with E-state index in [1.54, 1.807) is 19.2 Å². The van der Waals surface area contributed by atoms with E-state index in [0.717, 1.165) is 5.56 Å². The fourth-order valence-electron chi connectivity index (χ4n) is 1.07. The van der Waals surface area contributed by atoms with Gasteiger partial charge in [0, 0.05) is 20.1 Å². The Balaban J connectivity index is 2.54. The summed E-state index contributed by atoms with van der Waals surface area (Å²) < 4.78 is 5.12. The predicted octanol–water partition coefficient (Wildman–Crippen LogP) is 1.38. The molecule has 0 aromatic heterocycles. The van der Waals surface area contributed by atoms with Gasteiger partial charge in [-0.15, -0.1) is 0 Å². The van der Waals surface area contributed by atoms with Crippen LogP contribution in [0, 0.1) is 6.92 Å². The largest absolute Gasteiger partial charge is 0.415 e. The molecule has 0 unspecified atom stereocenters. The van der Waals surface area contributed by atoms with Gasteiger partial charge < -0.3 is 15.4 Å². The fraction of sp³-hybridized carbons (Fsp3) is 0.364. The topological polar surface area (TPSA) is 55.6 Å². The van der Waals surface area contributed by atoms with E-state index in [-0.39, 0.29) is 6.09 Å². The van der Waals surface area contributed by atoms with Gasteiger partial charge in [0.1, 0.15) is 5.75 Å². The van der Waals surface area contributed by atoms with Crippen LogP contribution >= 0.6 is 0 Å². The van der Waals surface area contributed by atoms with Crippen molar-refractivity contribution in [3.63, 3.8) is 0 Å². The van der Waals surface area contributed by atoms with E-state index in [0.29, 0.717) is 18.8 Å². The zero-order valence-electron chi connectivity index (χ0n) is 9.06. The van der Waals surface area contributed by atoms with Crippen LogP contribution in [-0.4, -0.2) is 31.1 Å². The standard InChI is InChI=1S/C11H16N2O2/c1-9-3-5-10(6-4-9)15-11(14)13(2)8-7-12/h3-6H,7-8,12H2,1-2H3. The average Bonchev–Trinajstić information content (AvgIpc) is 2.22. The van der Waals surface area contributed by atoms with Gasteiger partial charge in [-0.1, -0.05) is 17.7 Å². The molecule has 1 aromatic rings. The number of benzene rings is 1. The molecule has 1 amide bonds. The van der Waals surface area contributed by atoms with Crippen LogP contribution in [-0.2, 0) is 0 Å². The summed E-state index contributed by atoms with van der Waals surface area (Å²) >= 11 is 0. The summed E-state index contributed by atoms with van der Waals surface area (Å²) in [5, 5.41) is 0. The van der Waals surface area contributed by atoms with Crippen LogP contribution in [0.1, 0.15) is 5.56 Å². The maximum absolute atomic E-state index is 11.4. The number of ether oxygens (including phenoxy) is 1. The van der Waals surface area contributed by atoms with Gasteiger partial charge >= 0.3 is 6.09 Å². The maximum atomic E-state index is 11.4. The number of rotatable bonds is 3. The van der Waals surface area contributed by atoms with Crippen LogP contribution in [0.25, 0.3) is 0 Å². The zero-order chi connectivity index (χ0) is 11.3. The summed E-state index contributed by atoms with van der Waals surface area (Å²) in [5.41, 5.74) is 6.46. The molecule has 82 valence electrons. The Labute approximate surface area is 89.6 Å². The van der Waals surface area contributed by atoms with Crippen LogP contribution in [0.4, 0.5) is 4.79 Å². The van der Waals surface area contributed by atoms with Crippen molar-refractivity contribution >= 4 is 6.09 Å².